The lowest BCUT2D eigenvalue weighted by atomic mass is 10.1. The molecule has 0 spiro atoms. The predicted octanol–water partition coefficient (Wildman–Crippen LogP) is 3.00. The SMILES string of the molecule is CC(CNc1ccc(OC(C)C)cc1)CC(=O)O. The van der Waals surface area contributed by atoms with Crippen molar-refractivity contribution >= 4 is 11.7 Å². The molecule has 0 saturated heterocycles. The van der Waals surface area contributed by atoms with Gasteiger partial charge in [0.15, 0.2) is 0 Å². The number of hydrogen-bond donors (Lipinski definition) is 2. The number of ether oxygens (including phenoxy) is 1. The summed E-state index contributed by atoms with van der Waals surface area (Å²) in [5.74, 6) is 0.188. The van der Waals surface area contributed by atoms with Crippen molar-refractivity contribution in [3.63, 3.8) is 0 Å². The second-order valence-electron chi connectivity index (χ2n) is 4.77. The Morgan fingerprint density at radius 2 is 1.89 bits per heavy atom. The molecule has 0 aromatic heterocycles. The zero-order valence-corrected chi connectivity index (χ0v) is 11.1. The Labute approximate surface area is 108 Å². The normalized spacial score (nSPS) is 12.2. The monoisotopic (exact) mass is 251 g/mol. The van der Waals surface area contributed by atoms with Gasteiger partial charge in [0, 0.05) is 18.7 Å². The van der Waals surface area contributed by atoms with Crippen LogP contribution >= 0.6 is 0 Å². The third-order valence-corrected chi connectivity index (χ3v) is 2.40. The van der Waals surface area contributed by atoms with E-state index in [1.54, 1.807) is 0 Å². The molecule has 18 heavy (non-hydrogen) atoms. The van der Waals surface area contributed by atoms with E-state index in [4.69, 9.17) is 9.84 Å². The van der Waals surface area contributed by atoms with Crippen LogP contribution in [-0.2, 0) is 4.79 Å². The van der Waals surface area contributed by atoms with Crippen molar-refractivity contribution in [2.45, 2.75) is 33.3 Å². The lowest BCUT2D eigenvalue weighted by molar-refractivity contribution is -0.137. The van der Waals surface area contributed by atoms with Crippen molar-refractivity contribution in [2.75, 3.05) is 11.9 Å². The zero-order valence-electron chi connectivity index (χ0n) is 11.1. The lowest BCUT2D eigenvalue weighted by Gasteiger charge is -2.13. The van der Waals surface area contributed by atoms with Crippen molar-refractivity contribution < 1.29 is 14.6 Å². The molecule has 1 aromatic carbocycles. The molecule has 0 bridgehead atoms. The molecular weight excluding hydrogens is 230 g/mol. The Hall–Kier alpha value is -1.71. The first-order valence-electron chi connectivity index (χ1n) is 6.19. The molecule has 100 valence electrons. The van der Waals surface area contributed by atoms with Gasteiger partial charge >= 0.3 is 5.97 Å². The summed E-state index contributed by atoms with van der Waals surface area (Å²) < 4.78 is 5.54. The molecule has 0 heterocycles. The number of carboxylic acid groups (broad SMARTS) is 1. The Balaban J connectivity index is 2.41. The maximum atomic E-state index is 10.5. The van der Waals surface area contributed by atoms with E-state index in [-0.39, 0.29) is 18.4 Å². The summed E-state index contributed by atoms with van der Waals surface area (Å²) in [4.78, 5) is 10.5. The fourth-order valence-corrected chi connectivity index (χ4v) is 1.59. The number of carboxylic acids is 1. The van der Waals surface area contributed by atoms with Crippen molar-refractivity contribution in [3.05, 3.63) is 24.3 Å². The summed E-state index contributed by atoms with van der Waals surface area (Å²) in [6.07, 6.45) is 0.348. The van der Waals surface area contributed by atoms with E-state index in [1.807, 2.05) is 45.0 Å². The van der Waals surface area contributed by atoms with Gasteiger partial charge in [-0.05, 0) is 44.0 Å². The van der Waals surface area contributed by atoms with Gasteiger partial charge in [0.05, 0.1) is 6.10 Å². The van der Waals surface area contributed by atoms with Crippen LogP contribution in [0.15, 0.2) is 24.3 Å². The van der Waals surface area contributed by atoms with Gasteiger partial charge in [-0.15, -0.1) is 0 Å². The molecule has 1 atom stereocenters. The van der Waals surface area contributed by atoms with E-state index >= 15 is 0 Å². The van der Waals surface area contributed by atoms with Crippen LogP contribution in [0.2, 0.25) is 0 Å². The minimum atomic E-state index is -0.759. The van der Waals surface area contributed by atoms with Gasteiger partial charge in [0.25, 0.3) is 0 Å². The lowest BCUT2D eigenvalue weighted by Crippen LogP contribution is -2.14. The average Bonchev–Trinajstić information content (AvgIpc) is 2.26. The van der Waals surface area contributed by atoms with Crippen LogP contribution in [0.25, 0.3) is 0 Å². The van der Waals surface area contributed by atoms with Gasteiger partial charge in [-0.2, -0.15) is 0 Å². The fraction of sp³-hybridized carbons (Fsp3) is 0.500. The van der Waals surface area contributed by atoms with Crippen molar-refractivity contribution in [1.82, 2.24) is 0 Å². The summed E-state index contributed by atoms with van der Waals surface area (Å²) >= 11 is 0. The van der Waals surface area contributed by atoms with E-state index in [2.05, 4.69) is 5.32 Å². The van der Waals surface area contributed by atoms with E-state index < -0.39 is 5.97 Å². The van der Waals surface area contributed by atoms with E-state index in [1.165, 1.54) is 0 Å². The highest BCUT2D eigenvalue weighted by molar-refractivity contribution is 5.67. The van der Waals surface area contributed by atoms with Crippen molar-refractivity contribution in [1.29, 1.82) is 0 Å². The first-order chi connectivity index (χ1) is 8.47. The standard InChI is InChI=1S/C14H21NO3/c1-10(2)18-13-6-4-12(5-7-13)15-9-11(3)8-14(16)17/h4-7,10-11,15H,8-9H2,1-3H3,(H,16,17). The van der Waals surface area contributed by atoms with E-state index in [0.717, 1.165) is 11.4 Å². The van der Waals surface area contributed by atoms with Gasteiger partial charge in [0.2, 0.25) is 0 Å². The van der Waals surface area contributed by atoms with Gasteiger partial charge < -0.3 is 15.2 Å². The maximum absolute atomic E-state index is 10.5. The first-order valence-corrected chi connectivity index (χ1v) is 6.19. The third kappa shape index (κ3) is 5.57. The second-order valence-corrected chi connectivity index (χ2v) is 4.77. The molecular formula is C14H21NO3. The van der Waals surface area contributed by atoms with Crippen LogP contribution in [-0.4, -0.2) is 23.7 Å². The number of nitrogens with one attached hydrogen (secondary N) is 1. The summed E-state index contributed by atoms with van der Waals surface area (Å²) in [6.45, 7) is 6.54. The minimum absolute atomic E-state index is 0.106. The quantitative estimate of drug-likeness (QED) is 0.782. The summed E-state index contributed by atoms with van der Waals surface area (Å²) in [6, 6.07) is 7.69. The first kappa shape index (κ1) is 14.4. The highest BCUT2D eigenvalue weighted by atomic mass is 16.5. The summed E-state index contributed by atoms with van der Waals surface area (Å²) in [5, 5.41) is 11.9. The smallest absolute Gasteiger partial charge is 0.303 e. The van der Waals surface area contributed by atoms with E-state index in [9.17, 15) is 4.79 Å². The van der Waals surface area contributed by atoms with Crippen LogP contribution < -0.4 is 10.1 Å². The number of aliphatic carboxylic acids is 1. The molecule has 1 unspecified atom stereocenters. The molecule has 2 N–H and O–H groups in total. The molecule has 0 radical (unpaired) electrons. The number of hydrogen-bond acceptors (Lipinski definition) is 3. The van der Waals surface area contributed by atoms with Crippen LogP contribution in [0, 0.1) is 5.92 Å². The van der Waals surface area contributed by atoms with Gasteiger partial charge in [-0.1, -0.05) is 6.92 Å². The van der Waals surface area contributed by atoms with Crippen LogP contribution in [0.1, 0.15) is 27.2 Å². The molecule has 0 fully saturated rings. The topological polar surface area (TPSA) is 58.6 Å². The maximum Gasteiger partial charge on any atom is 0.303 e. The number of benzene rings is 1. The Bertz CT molecular complexity index is 373. The molecule has 1 aromatic rings. The minimum Gasteiger partial charge on any atom is -0.491 e. The van der Waals surface area contributed by atoms with Crippen LogP contribution in [0.3, 0.4) is 0 Å². The van der Waals surface area contributed by atoms with Crippen molar-refractivity contribution in [2.24, 2.45) is 5.92 Å². The Morgan fingerprint density at radius 1 is 1.28 bits per heavy atom. The highest BCUT2D eigenvalue weighted by Gasteiger charge is 2.07. The second kappa shape index (κ2) is 6.89. The molecule has 4 nitrogen and oxygen atoms in total. The third-order valence-electron chi connectivity index (χ3n) is 2.40. The molecule has 1 rings (SSSR count). The largest absolute Gasteiger partial charge is 0.491 e. The van der Waals surface area contributed by atoms with Crippen LogP contribution in [0.4, 0.5) is 5.69 Å². The summed E-state index contributed by atoms with van der Waals surface area (Å²) in [5.41, 5.74) is 0.975. The zero-order chi connectivity index (χ0) is 13.5. The molecule has 0 aliphatic rings. The molecule has 0 amide bonds. The molecule has 0 aliphatic heterocycles. The van der Waals surface area contributed by atoms with E-state index in [0.29, 0.717) is 6.54 Å². The van der Waals surface area contributed by atoms with Gasteiger partial charge in [0.1, 0.15) is 5.75 Å². The number of carbonyl (C=O) groups is 1. The summed E-state index contributed by atoms with van der Waals surface area (Å²) in [7, 11) is 0. The van der Waals surface area contributed by atoms with Crippen molar-refractivity contribution in [3.8, 4) is 5.75 Å². The fourth-order valence-electron chi connectivity index (χ4n) is 1.59. The number of rotatable bonds is 7. The Kier molecular flexibility index (Phi) is 5.49. The van der Waals surface area contributed by atoms with Gasteiger partial charge in [-0.25, -0.2) is 0 Å². The highest BCUT2D eigenvalue weighted by Crippen LogP contribution is 2.17. The average molecular weight is 251 g/mol. The molecule has 4 heteroatoms. The predicted molar refractivity (Wildman–Crippen MR) is 72.1 cm³/mol. The number of anilines is 1. The molecule has 0 aliphatic carbocycles. The van der Waals surface area contributed by atoms with Crippen LogP contribution in [0.5, 0.6) is 5.75 Å². The molecule has 0 saturated carbocycles. The van der Waals surface area contributed by atoms with Gasteiger partial charge in [-0.3, -0.25) is 4.79 Å². The Morgan fingerprint density at radius 3 is 2.39 bits per heavy atom.